The molecule has 0 saturated carbocycles. The van der Waals surface area contributed by atoms with Gasteiger partial charge >= 0.3 is 0 Å². The van der Waals surface area contributed by atoms with Crippen LogP contribution in [-0.4, -0.2) is 0 Å². The van der Waals surface area contributed by atoms with Gasteiger partial charge in [-0.05, 0) is 12.3 Å². The fraction of sp³-hybridized carbons (Fsp3) is 0.500. The maximum atomic E-state index is 5.20. The zero-order chi connectivity index (χ0) is 6.27. The molecule has 0 amide bonds. The SMILES string of the molecule is C=CC1CCC2=C(C1)O2. The Balaban J connectivity index is 2.05. The minimum Gasteiger partial charge on any atom is -0.459 e. The molecule has 1 aliphatic carbocycles. The molecule has 1 heterocycles. The van der Waals surface area contributed by atoms with Crippen molar-refractivity contribution in [1.29, 1.82) is 0 Å². The van der Waals surface area contributed by atoms with Gasteiger partial charge in [0.1, 0.15) is 11.5 Å². The summed E-state index contributed by atoms with van der Waals surface area (Å²) in [6, 6.07) is 0. The van der Waals surface area contributed by atoms with Crippen LogP contribution in [0.5, 0.6) is 0 Å². The summed E-state index contributed by atoms with van der Waals surface area (Å²) in [5, 5.41) is 0. The van der Waals surface area contributed by atoms with Crippen LogP contribution in [0.15, 0.2) is 24.2 Å². The molecule has 0 aromatic heterocycles. The maximum absolute atomic E-state index is 5.20. The summed E-state index contributed by atoms with van der Waals surface area (Å²) in [5.41, 5.74) is 0. The van der Waals surface area contributed by atoms with Crippen LogP contribution in [-0.2, 0) is 4.74 Å². The smallest absolute Gasteiger partial charge is 0.142 e. The molecule has 0 aromatic rings. The van der Waals surface area contributed by atoms with E-state index in [0.717, 1.165) is 12.8 Å². The van der Waals surface area contributed by atoms with E-state index in [4.69, 9.17) is 4.74 Å². The van der Waals surface area contributed by atoms with Crippen molar-refractivity contribution in [3.63, 3.8) is 0 Å². The Kier molecular flexibility index (Phi) is 0.922. The van der Waals surface area contributed by atoms with E-state index >= 15 is 0 Å². The molecule has 1 unspecified atom stereocenters. The third kappa shape index (κ3) is 0.766. The lowest BCUT2D eigenvalue weighted by molar-refractivity contribution is 0.454. The van der Waals surface area contributed by atoms with Crippen LogP contribution < -0.4 is 0 Å². The highest BCUT2D eigenvalue weighted by atomic mass is 16.6. The first kappa shape index (κ1) is 5.10. The predicted molar refractivity (Wildman–Crippen MR) is 35.6 cm³/mol. The first-order valence-electron chi connectivity index (χ1n) is 3.42. The molecular weight excluding hydrogens is 112 g/mol. The summed E-state index contributed by atoms with van der Waals surface area (Å²) in [6.07, 6.45) is 5.53. The fourth-order valence-corrected chi connectivity index (χ4v) is 1.33. The monoisotopic (exact) mass is 122 g/mol. The quantitative estimate of drug-likeness (QED) is 0.486. The number of hydrogen-bond donors (Lipinski definition) is 0. The molecule has 0 spiro atoms. The first-order chi connectivity index (χ1) is 4.40. The number of rotatable bonds is 1. The molecule has 0 radical (unpaired) electrons. The van der Waals surface area contributed by atoms with Gasteiger partial charge in [0.05, 0.1) is 0 Å². The van der Waals surface area contributed by atoms with Gasteiger partial charge in [0, 0.05) is 12.8 Å². The molecule has 0 bridgehead atoms. The third-order valence-electron chi connectivity index (χ3n) is 2.04. The molecule has 48 valence electrons. The Bertz CT molecular complexity index is 179. The standard InChI is InChI=1S/C8H10O/c1-2-6-3-4-7-8(5-6)9-7/h2,6H,1,3-5H2. The molecule has 9 heavy (non-hydrogen) atoms. The van der Waals surface area contributed by atoms with E-state index < -0.39 is 0 Å². The van der Waals surface area contributed by atoms with Gasteiger partial charge in [0.2, 0.25) is 0 Å². The van der Waals surface area contributed by atoms with Crippen molar-refractivity contribution in [2.24, 2.45) is 5.92 Å². The summed E-state index contributed by atoms with van der Waals surface area (Å²) in [7, 11) is 0. The predicted octanol–water partition coefficient (Wildman–Crippen LogP) is 2.21. The van der Waals surface area contributed by atoms with Crippen LogP contribution in [0.3, 0.4) is 0 Å². The van der Waals surface area contributed by atoms with Crippen molar-refractivity contribution in [3.05, 3.63) is 24.2 Å². The normalized spacial score (nSPS) is 30.9. The van der Waals surface area contributed by atoms with Crippen LogP contribution >= 0.6 is 0 Å². The topological polar surface area (TPSA) is 12.5 Å². The Morgan fingerprint density at radius 3 is 3.11 bits per heavy atom. The summed E-state index contributed by atoms with van der Waals surface area (Å²) in [5.74, 6) is 3.19. The molecule has 0 N–H and O–H groups in total. The van der Waals surface area contributed by atoms with Crippen molar-refractivity contribution in [2.75, 3.05) is 0 Å². The first-order valence-corrected chi connectivity index (χ1v) is 3.42. The van der Waals surface area contributed by atoms with Gasteiger partial charge in [-0.2, -0.15) is 0 Å². The summed E-state index contributed by atoms with van der Waals surface area (Å²) in [4.78, 5) is 0. The average molecular weight is 122 g/mol. The maximum Gasteiger partial charge on any atom is 0.142 e. The van der Waals surface area contributed by atoms with Gasteiger partial charge in [-0.3, -0.25) is 0 Å². The second-order valence-electron chi connectivity index (χ2n) is 2.69. The highest BCUT2D eigenvalue weighted by Gasteiger charge is 2.31. The molecule has 1 heteroatoms. The molecule has 2 rings (SSSR count). The van der Waals surface area contributed by atoms with E-state index in [1.807, 2.05) is 6.08 Å². The van der Waals surface area contributed by atoms with E-state index in [0.29, 0.717) is 5.92 Å². The zero-order valence-corrected chi connectivity index (χ0v) is 5.39. The average Bonchev–Trinajstić information content (AvgIpc) is 2.64. The van der Waals surface area contributed by atoms with Crippen LogP contribution in [0.25, 0.3) is 0 Å². The van der Waals surface area contributed by atoms with Crippen LogP contribution in [0.4, 0.5) is 0 Å². The Morgan fingerprint density at radius 2 is 2.44 bits per heavy atom. The summed E-state index contributed by atoms with van der Waals surface area (Å²) < 4.78 is 5.20. The van der Waals surface area contributed by atoms with E-state index in [1.165, 1.54) is 17.9 Å². The second-order valence-corrected chi connectivity index (χ2v) is 2.69. The zero-order valence-electron chi connectivity index (χ0n) is 5.39. The molecule has 0 fully saturated rings. The van der Waals surface area contributed by atoms with E-state index in [1.54, 1.807) is 0 Å². The van der Waals surface area contributed by atoms with Gasteiger partial charge in [0.15, 0.2) is 0 Å². The molecule has 0 aromatic carbocycles. The summed E-state index contributed by atoms with van der Waals surface area (Å²) >= 11 is 0. The highest BCUT2D eigenvalue weighted by molar-refractivity contribution is 5.22. The second kappa shape index (κ2) is 1.63. The number of allylic oxidation sites excluding steroid dienone is 3. The lowest BCUT2D eigenvalue weighted by atomic mass is 9.95. The number of ether oxygens (including phenoxy) is 1. The van der Waals surface area contributed by atoms with Crippen molar-refractivity contribution < 1.29 is 4.74 Å². The molecule has 2 aliphatic rings. The molecular formula is C8H10O. The highest BCUT2D eigenvalue weighted by Crippen LogP contribution is 2.42. The van der Waals surface area contributed by atoms with Crippen molar-refractivity contribution >= 4 is 0 Å². The van der Waals surface area contributed by atoms with Crippen molar-refractivity contribution in [3.8, 4) is 0 Å². The molecule has 0 saturated heterocycles. The van der Waals surface area contributed by atoms with Gasteiger partial charge in [-0.15, -0.1) is 6.58 Å². The van der Waals surface area contributed by atoms with Crippen LogP contribution in [0.2, 0.25) is 0 Å². The van der Waals surface area contributed by atoms with Crippen molar-refractivity contribution in [1.82, 2.24) is 0 Å². The molecule has 1 nitrogen and oxygen atoms in total. The van der Waals surface area contributed by atoms with Gasteiger partial charge in [-0.25, -0.2) is 0 Å². The van der Waals surface area contributed by atoms with Gasteiger partial charge < -0.3 is 4.74 Å². The van der Waals surface area contributed by atoms with E-state index in [9.17, 15) is 0 Å². The Labute approximate surface area is 55.0 Å². The van der Waals surface area contributed by atoms with E-state index in [-0.39, 0.29) is 0 Å². The lowest BCUT2D eigenvalue weighted by Gasteiger charge is -2.06. The lowest BCUT2D eigenvalue weighted by Crippen LogP contribution is -1.96. The fourth-order valence-electron chi connectivity index (χ4n) is 1.33. The number of hydrogen-bond acceptors (Lipinski definition) is 1. The minimum atomic E-state index is 0.686. The van der Waals surface area contributed by atoms with Gasteiger partial charge in [-0.1, -0.05) is 6.08 Å². The summed E-state index contributed by atoms with van der Waals surface area (Å²) in [6.45, 7) is 3.76. The Hall–Kier alpha value is -0.720. The van der Waals surface area contributed by atoms with Gasteiger partial charge in [0.25, 0.3) is 0 Å². The van der Waals surface area contributed by atoms with E-state index in [2.05, 4.69) is 6.58 Å². The molecule has 1 aliphatic heterocycles. The van der Waals surface area contributed by atoms with Crippen LogP contribution in [0.1, 0.15) is 19.3 Å². The minimum absolute atomic E-state index is 0.686. The largest absolute Gasteiger partial charge is 0.459 e. The van der Waals surface area contributed by atoms with Crippen LogP contribution in [0, 0.1) is 5.92 Å². The van der Waals surface area contributed by atoms with Crippen molar-refractivity contribution in [2.45, 2.75) is 19.3 Å². The molecule has 1 atom stereocenters. The Morgan fingerprint density at radius 1 is 1.56 bits per heavy atom. The third-order valence-corrected chi connectivity index (χ3v) is 2.04.